The third kappa shape index (κ3) is 2.07. The number of rotatable bonds is 2. The molecule has 0 spiro atoms. The standard InChI is InChI=1S/C6H4FNO4S/c7-5-2-1-4(8(9)10)3-6(5)13(11)12/h1-3H,(H,11,12). The average Bonchev–Trinajstić information content (AvgIpc) is 2.04. The highest BCUT2D eigenvalue weighted by molar-refractivity contribution is 7.79. The summed E-state index contributed by atoms with van der Waals surface area (Å²) in [6, 6.07) is 2.43. The molecular weight excluding hydrogens is 201 g/mol. The summed E-state index contributed by atoms with van der Waals surface area (Å²) in [7, 11) is 0. The second-order valence-corrected chi connectivity index (χ2v) is 3.06. The summed E-state index contributed by atoms with van der Waals surface area (Å²) in [5, 5.41) is 10.2. The maximum absolute atomic E-state index is 12.7. The largest absolute Gasteiger partial charge is 0.302 e. The van der Waals surface area contributed by atoms with Gasteiger partial charge >= 0.3 is 0 Å². The molecule has 0 radical (unpaired) electrons. The molecule has 0 saturated heterocycles. The zero-order chi connectivity index (χ0) is 10.0. The van der Waals surface area contributed by atoms with E-state index in [4.69, 9.17) is 4.55 Å². The smallest absolute Gasteiger partial charge is 0.270 e. The molecule has 0 aliphatic heterocycles. The number of hydrogen-bond acceptors (Lipinski definition) is 3. The molecule has 7 heteroatoms. The first-order valence-corrected chi connectivity index (χ1v) is 4.18. The third-order valence-corrected chi connectivity index (χ3v) is 2.00. The lowest BCUT2D eigenvalue weighted by atomic mass is 10.3. The molecule has 0 aliphatic carbocycles. The summed E-state index contributed by atoms with van der Waals surface area (Å²) in [4.78, 5) is 8.83. The lowest BCUT2D eigenvalue weighted by Crippen LogP contribution is -1.96. The van der Waals surface area contributed by atoms with Crippen LogP contribution in [0.3, 0.4) is 0 Å². The number of benzene rings is 1. The molecule has 1 rings (SSSR count). The summed E-state index contributed by atoms with van der Waals surface area (Å²) in [6.45, 7) is 0. The predicted molar refractivity (Wildman–Crippen MR) is 42.1 cm³/mol. The maximum atomic E-state index is 12.7. The molecule has 5 nitrogen and oxygen atoms in total. The fourth-order valence-corrected chi connectivity index (χ4v) is 1.20. The van der Waals surface area contributed by atoms with Gasteiger partial charge in [-0.3, -0.25) is 10.1 Å². The van der Waals surface area contributed by atoms with Crippen LogP contribution in [0.15, 0.2) is 23.1 Å². The highest BCUT2D eigenvalue weighted by atomic mass is 32.2. The van der Waals surface area contributed by atoms with E-state index in [0.717, 1.165) is 18.2 Å². The molecule has 13 heavy (non-hydrogen) atoms. The fraction of sp³-hybridized carbons (Fsp3) is 0. The minimum Gasteiger partial charge on any atom is -0.302 e. The maximum Gasteiger partial charge on any atom is 0.270 e. The van der Waals surface area contributed by atoms with Crippen molar-refractivity contribution in [3.05, 3.63) is 34.1 Å². The van der Waals surface area contributed by atoms with E-state index >= 15 is 0 Å². The van der Waals surface area contributed by atoms with Crippen LogP contribution in [-0.4, -0.2) is 13.7 Å². The second kappa shape index (κ2) is 3.58. The highest BCUT2D eigenvalue weighted by Crippen LogP contribution is 2.18. The molecule has 0 saturated carbocycles. The third-order valence-electron chi connectivity index (χ3n) is 1.31. The fourth-order valence-electron chi connectivity index (χ4n) is 0.739. The normalized spacial score (nSPS) is 12.5. The van der Waals surface area contributed by atoms with E-state index in [0.29, 0.717) is 0 Å². The van der Waals surface area contributed by atoms with Crippen molar-refractivity contribution >= 4 is 16.8 Å². The van der Waals surface area contributed by atoms with Crippen LogP contribution >= 0.6 is 0 Å². The molecule has 1 atom stereocenters. The van der Waals surface area contributed by atoms with Gasteiger partial charge in [0, 0.05) is 12.1 Å². The number of hydrogen-bond donors (Lipinski definition) is 1. The molecule has 1 aromatic carbocycles. The van der Waals surface area contributed by atoms with Crippen LogP contribution in [0.2, 0.25) is 0 Å². The van der Waals surface area contributed by atoms with Crippen molar-refractivity contribution in [3.8, 4) is 0 Å². The molecular formula is C6H4FNO4S. The van der Waals surface area contributed by atoms with Crippen LogP contribution in [-0.2, 0) is 11.1 Å². The number of nitrogens with zero attached hydrogens (tertiary/aromatic N) is 1. The lowest BCUT2D eigenvalue weighted by Gasteiger charge is -1.96. The van der Waals surface area contributed by atoms with Crippen LogP contribution in [0.1, 0.15) is 0 Å². The summed E-state index contributed by atoms with van der Waals surface area (Å²) >= 11 is -2.55. The molecule has 0 amide bonds. The summed E-state index contributed by atoms with van der Waals surface area (Å²) in [5.41, 5.74) is -0.418. The minimum atomic E-state index is -2.55. The quantitative estimate of drug-likeness (QED) is 0.448. The Bertz CT molecular complexity index is 381. The van der Waals surface area contributed by atoms with Crippen molar-refractivity contribution < 1.29 is 18.1 Å². The number of nitro benzene ring substituents is 1. The first kappa shape index (κ1) is 9.75. The van der Waals surface area contributed by atoms with E-state index in [9.17, 15) is 18.7 Å². The topological polar surface area (TPSA) is 80.4 Å². The van der Waals surface area contributed by atoms with Gasteiger partial charge in [0.05, 0.1) is 4.92 Å². The van der Waals surface area contributed by atoms with Gasteiger partial charge < -0.3 is 4.55 Å². The minimum absolute atomic E-state index is 0.418. The van der Waals surface area contributed by atoms with Crippen molar-refractivity contribution in [1.82, 2.24) is 0 Å². The highest BCUT2D eigenvalue weighted by Gasteiger charge is 2.13. The first-order valence-electron chi connectivity index (χ1n) is 3.07. The van der Waals surface area contributed by atoms with E-state index in [1.165, 1.54) is 0 Å². The van der Waals surface area contributed by atoms with Gasteiger partial charge in [-0.1, -0.05) is 0 Å². The zero-order valence-corrected chi connectivity index (χ0v) is 6.95. The van der Waals surface area contributed by atoms with E-state index in [1.807, 2.05) is 0 Å². The van der Waals surface area contributed by atoms with E-state index in [1.54, 1.807) is 0 Å². The first-order chi connectivity index (χ1) is 6.02. The summed E-state index contributed by atoms with van der Waals surface area (Å²) in [6.07, 6.45) is 0. The van der Waals surface area contributed by atoms with Crippen LogP contribution in [0, 0.1) is 15.9 Å². The summed E-state index contributed by atoms with van der Waals surface area (Å²) < 4.78 is 31.7. The van der Waals surface area contributed by atoms with E-state index in [2.05, 4.69) is 0 Å². The Morgan fingerprint density at radius 3 is 2.62 bits per heavy atom. The second-order valence-electron chi connectivity index (χ2n) is 2.12. The molecule has 0 heterocycles. The predicted octanol–water partition coefficient (Wildman–Crippen LogP) is 1.31. The van der Waals surface area contributed by atoms with Crippen molar-refractivity contribution in [2.24, 2.45) is 0 Å². The molecule has 0 aliphatic rings. The van der Waals surface area contributed by atoms with Crippen molar-refractivity contribution in [1.29, 1.82) is 0 Å². The van der Waals surface area contributed by atoms with E-state index < -0.39 is 32.4 Å². The Hall–Kier alpha value is -1.34. The molecule has 1 N–H and O–H groups in total. The van der Waals surface area contributed by atoms with Crippen LogP contribution < -0.4 is 0 Å². The molecule has 1 unspecified atom stereocenters. The molecule has 0 bridgehead atoms. The van der Waals surface area contributed by atoms with Crippen molar-refractivity contribution in [2.45, 2.75) is 4.90 Å². The van der Waals surface area contributed by atoms with Crippen molar-refractivity contribution in [2.75, 3.05) is 0 Å². The van der Waals surface area contributed by atoms with Crippen LogP contribution in [0.4, 0.5) is 10.1 Å². The van der Waals surface area contributed by atoms with Gasteiger partial charge in [-0.2, -0.15) is 0 Å². The van der Waals surface area contributed by atoms with Gasteiger partial charge in [-0.15, -0.1) is 0 Å². The Balaban J connectivity index is 3.27. The number of non-ortho nitro benzene ring substituents is 1. The van der Waals surface area contributed by atoms with Crippen LogP contribution in [0.5, 0.6) is 0 Å². The zero-order valence-electron chi connectivity index (χ0n) is 6.14. The summed E-state index contributed by atoms with van der Waals surface area (Å²) in [5.74, 6) is -0.938. The van der Waals surface area contributed by atoms with Gasteiger partial charge in [0.2, 0.25) is 0 Å². The Morgan fingerprint density at radius 1 is 1.54 bits per heavy atom. The number of halogens is 1. The molecule has 0 fully saturated rings. The van der Waals surface area contributed by atoms with Gasteiger partial charge in [0.15, 0.2) is 11.1 Å². The Kier molecular flexibility index (Phi) is 2.69. The van der Waals surface area contributed by atoms with E-state index in [-0.39, 0.29) is 0 Å². The van der Waals surface area contributed by atoms with Gasteiger partial charge in [-0.25, -0.2) is 8.60 Å². The molecule has 70 valence electrons. The van der Waals surface area contributed by atoms with Gasteiger partial charge in [0.25, 0.3) is 5.69 Å². The Morgan fingerprint density at radius 2 is 2.15 bits per heavy atom. The average molecular weight is 205 g/mol. The van der Waals surface area contributed by atoms with Gasteiger partial charge in [0.1, 0.15) is 10.7 Å². The number of nitro groups is 1. The van der Waals surface area contributed by atoms with Crippen LogP contribution in [0.25, 0.3) is 0 Å². The van der Waals surface area contributed by atoms with Crippen molar-refractivity contribution in [3.63, 3.8) is 0 Å². The molecule has 1 aromatic rings. The molecule has 0 aromatic heterocycles. The lowest BCUT2D eigenvalue weighted by molar-refractivity contribution is -0.385. The SMILES string of the molecule is O=[N+]([O-])c1ccc(F)c(S(=O)O)c1. The monoisotopic (exact) mass is 205 g/mol. The van der Waals surface area contributed by atoms with Gasteiger partial charge in [-0.05, 0) is 6.07 Å². The Labute approximate surface area is 74.6 Å².